The van der Waals surface area contributed by atoms with E-state index in [0.717, 1.165) is 87.6 Å². The molecule has 2 nitrogen and oxygen atoms in total. The van der Waals surface area contributed by atoms with E-state index >= 15 is 0 Å². The van der Waals surface area contributed by atoms with E-state index in [0.29, 0.717) is 76.9 Å². The highest BCUT2D eigenvalue weighted by molar-refractivity contribution is 7.00. The molecule has 5 heteroatoms. The first-order valence-electron chi connectivity index (χ1n) is 32.6. The fourth-order valence-electron chi connectivity index (χ4n) is 14.2. The summed E-state index contributed by atoms with van der Waals surface area (Å²) in [6, 6.07) is 82.7. The third kappa shape index (κ3) is 7.89. The Morgan fingerprint density at radius 3 is 1.06 bits per heavy atom. The summed E-state index contributed by atoms with van der Waals surface area (Å²) < 4.78 is 69.4. The zero-order chi connectivity index (χ0) is 63.5. The van der Waals surface area contributed by atoms with Crippen molar-refractivity contribution in [3.8, 4) is 55.9 Å². The van der Waals surface area contributed by atoms with E-state index in [1.165, 1.54) is 0 Å². The molecule has 2 aromatic heterocycles. The van der Waals surface area contributed by atoms with Crippen molar-refractivity contribution in [3.63, 3.8) is 0 Å². The highest BCUT2D eigenvalue weighted by atomic mass is 35.5. The standard InChI is InChI=1S/C82H55BCl2N2/c1-82(2,3)56-48-73-77-74(49-56)87-79-58(55-29-19-27-53(47-55)51-24-8-5-9-25-51)39-21-41-68(79)64-35-13-11-31-60(64)62-33-15-17-37-66(62)76-72(85)45-43-70(81(76)87)83(77)69-42-44-71(84)75-65-36-16-14-32-61(65)59-30-10-12-34-63(59)67-40-20-38-57(78(67)86(73)80(69)75)54-28-18-26-52(46-54)50-22-6-4-7-23-50/h4-49H,1-3H3/i42D,43D,44D,45D,48D,49D. The third-order valence-electron chi connectivity index (χ3n) is 18.0. The van der Waals surface area contributed by atoms with Gasteiger partial charge in [-0.3, -0.25) is 0 Å². The molecule has 0 spiro atoms. The van der Waals surface area contributed by atoms with Gasteiger partial charge in [-0.15, -0.1) is 0 Å². The van der Waals surface area contributed by atoms with Crippen LogP contribution in [0.5, 0.6) is 0 Å². The minimum Gasteiger partial charge on any atom is -0.309 e. The molecule has 410 valence electrons. The minimum absolute atomic E-state index is 0.0552. The number of halogens is 2. The van der Waals surface area contributed by atoms with Gasteiger partial charge in [0.1, 0.15) is 0 Å². The normalized spacial score (nSPS) is 13.4. The Kier molecular flexibility index (Phi) is 10.4. The Labute approximate surface area is 523 Å². The van der Waals surface area contributed by atoms with E-state index in [4.69, 9.17) is 23.2 Å². The summed E-state index contributed by atoms with van der Waals surface area (Å²) in [4.78, 5) is 0. The van der Waals surface area contributed by atoms with E-state index in [-0.39, 0.29) is 46.3 Å². The molecule has 15 aromatic rings. The van der Waals surface area contributed by atoms with Crippen LogP contribution >= 0.6 is 23.2 Å². The average Bonchev–Trinajstić information content (AvgIpc) is 1.42. The lowest BCUT2D eigenvalue weighted by Crippen LogP contribution is -2.60. The second kappa shape index (κ2) is 19.8. The van der Waals surface area contributed by atoms with Gasteiger partial charge in [-0.05, 0) is 140 Å². The predicted octanol–water partition coefficient (Wildman–Crippen LogP) is 21.2. The molecule has 0 saturated heterocycles. The lowest BCUT2D eigenvalue weighted by Gasteiger charge is -2.38. The molecule has 0 radical (unpaired) electrons. The summed E-state index contributed by atoms with van der Waals surface area (Å²) in [6.07, 6.45) is 0. The monoisotopic (exact) mass is 1150 g/mol. The molecule has 0 saturated carbocycles. The summed E-state index contributed by atoms with van der Waals surface area (Å²) in [5.41, 5.74) is 11.5. The second-order valence-electron chi connectivity index (χ2n) is 24.0. The zero-order valence-electron chi connectivity index (χ0n) is 53.8. The molecule has 0 fully saturated rings. The molecular formula is C82H55BCl2N2. The SMILES string of the molecule is [2H]c1c2c3c(c([2H])c1C(C)(C)C)-n1c4c(-c5cccc(-c6ccccc6)c5)cccc4c4ccccc4c4ccccc4c4c(Cl)c([2H])c([2H])c(c41)B3c1c([2H])c([2H])c(Cl)c3c4ccccc4c4ccccc4c4cccc(-c5cccc(-c6ccccc6)c5)c4n-2c13. The minimum atomic E-state index is -1.17. The maximum absolute atomic E-state index is 11.4. The lowest BCUT2D eigenvalue weighted by atomic mass is 9.34. The molecule has 0 N–H and O–H groups in total. The number of rotatable bonds is 4. The number of aromatic nitrogens is 2. The van der Waals surface area contributed by atoms with Gasteiger partial charge in [-0.25, -0.2) is 0 Å². The van der Waals surface area contributed by atoms with Crippen LogP contribution in [-0.4, -0.2) is 15.8 Å². The molecule has 0 aliphatic carbocycles. The highest BCUT2D eigenvalue weighted by Crippen LogP contribution is 2.46. The van der Waals surface area contributed by atoms with Gasteiger partial charge in [0, 0.05) is 44.0 Å². The van der Waals surface area contributed by atoms with E-state index < -0.39 is 12.1 Å². The van der Waals surface area contributed by atoms with Gasteiger partial charge in [0.05, 0.1) is 40.3 Å². The highest BCUT2D eigenvalue weighted by Gasteiger charge is 2.41. The van der Waals surface area contributed by atoms with Crippen molar-refractivity contribution in [2.45, 2.75) is 26.2 Å². The predicted molar refractivity (Wildman–Crippen MR) is 376 cm³/mol. The zero-order valence-corrected chi connectivity index (χ0v) is 49.3. The van der Waals surface area contributed by atoms with Gasteiger partial charge in [0.15, 0.2) is 0 Å². The fourth-order valence-corrected chi connectivity index (χ4v) is 14.7. The Morgan fingerprint density at radius 1 is 0.333 bits per heavy atom. The van der Waals surface area contributed by atoms with Crippen LogP contribution in [0.2, 0.25) is 10.0 Å². The number of hydrogen-bond donors (Lipinski definition) is 0. The van der Waals surface area contributed by atoms with Crippen LogP contribution in [0, 0.1) is 0 Å². The van der Waals surface area contributed by atoms with Crippen molar-refractivity contribution in [2.75, 3.05) is 0 Å². The van der Waals surface area contributed by atoms with E-state index in [2.05, 4.69) is 188 Å². The third-order valence-corrected chi connectivity index (χ3v) is 18.6. The smallest absolute Gasteiger partial charge is 0.252 e. The first kappa shape index (κ1) is 45.5. The van der Waals surface area contributed by atoms with Crippen LogP contribution in [0.25, 0.3) is 143 Å². The quantitative estimate of drug-likeness (QED) is 0.155. The van der Waals surface area contributed by atoms with Gasteiger partial charge in [0.25, 0.3) is 6.71 Å². The van der Waals surface area contributed by atoms with Crippen LogP contribution < -0.4 is 16.4 Å². The first-order valence-corrected chi connectivity index (χ1v) is 30.4. The van der Waals surface area contributed by atoms with Crippen LogP contribution in [-0.2, 0) is 5.41 Å². The summed E-state index contributed by atoms with van der Waals surface area (Å²) in [6.45, 7) is 5.02. The summed E-state index contributed by atoms with van der Waals surface area (Å²) in [7, 11) is 0. The molecule has 0 amide bonds. The maximum Gasteiger partial charge on any atom is 0.252 e. The van der Waals surface area contributed by atoms with Crippen LogP contribution in [0.15, 0.2) is 279 Å². The van der Waals surface area contributed by atoms with E-state index in [1.54, 1.807) is 0 Å². The van der Waals surface area contributed by atoms with Gasteiger partial charge >= 0.3 is 0 Å². The largest absolute Gasteiger partial charge is 0.309 e. The fraction of sp³-hybridized carbons (Fsp3) is 0.0488. The van der Waals surface area contributed by atoms with E-state index in [9.17, 15) is 8.22 Å². The van der Waals surface area contributed by atoms with Crippen LogP contribution in [0.3, 0.4) is 0 Å². The molecule has 2 aliphatic rings. The lowest BCUT2D eigenvalue weighted by molar-refractivity contribution is 0.589. The van der Waals surface area contributed by atoms with Crippen molar-refractivity contribution in [1.82, 2.24) is 9.13 Å². The summed E-state index contributed by atoms with van der Waals surface area (Å²) >= 11 is 15.9. The maximum atomic E-state index is 11.4. The van der Waals surface area contributed by atoms with Crippen molar-refractivity contribution >= 4 is 133 Å². The summed E-state index contributed by atoms with van der Waals surface area (Å²) in [5.74, 6) is 0. The number of hydrogen-bond acceptors (Lipinski definition) is 0. The molecule has 4 heterocycles. The number of nitrogens with zero attached hydrogens (tertiary/aromatic N) is 2. The number of fused-ring (bicyclic) bond motifs is 18. The van der Waals surface area contributed by atoms with Crippen molar-refractivity contribution in [3.05, 3.63) is 295 Å². The van der Waals surface area contributed by atoms with Crippen LogP contribution in [0.4, 0.5) is 0 Å². The van der Waals surface area contributed by atoms with Gasteiger partial charge in [0.2, 0.25) is 0 Å². The molecule has 0 atom stereocenters. The van der Waals surface area contributed by atoms with Gasteiger partial charge < -0.3 is 9.13 Å². The van der Waals surface area contributed by atoms with E-state index in [1.807, 2.05) is 84.9 Å². The number of benzene rings is 13. The van der Waals surface area contributed by atoms with Gasteiger partial charge in [-0.2, -0.15) is 0 Å². The van der Waals surface area contributed by atoms with Crippen molar-refractivity contribution < 1.29 is 8.22 Å². The summed E-state index contributed by atoms with van der Waals surface area (Å²) in [5, 5.41) is 9.51. The van der Waals surface area contributed by atoms with Crippen molar-refractivity contribution in [2.24, 2.45) is 0 Å². The second-order valence-corrected chi connectivity index (χ2v) is 24.7. The van der Waals surface area contributed by atoms with Crippen molar-refractivity contribution in [1.29, 1.82) is 0 Å². The Morgan fingerprint density at radius 2 is 0.655 bits per heavy atom. The Balaban J connectivity index is 1.23. The number of para-hydroxylation sites is 2. The Hall–Kier alpha value is -9.90. The molecule has 87 heavy (non-hydrogen) atoms. The molecular weight excluding hydrogens is 1090 g/mol. The van der Waals surface area contributed by atoms with Gasteiger partial charge in [-0.1, -0.05) is 287 Å². The first-order chi connectivity index (χ1) is 45.2. The molecule has 13 aromatic carbocycles. The molecule has 0 bridgehead atoms. The van der Waals surface area contributed by atoms with Crippen LogP contribution in [0.1, 0.15) is 34.6 Å². The average molecular weight is 1160 g/mol. The molecule has 2 aliphatic heterocycles. The molecule has 17 rings (SSSR count). The Bertz CT molecular complexity index is 5620. The topological polar surface area (TPSA) is 9.86 Å². The molecule has 0 unspecified atom stereocenters.